The molecule has 3 nitrogen and oxygen atoms in total. The Labute approximate surface area is 96.0 Å². The number of nitrogens with zero attached hydrogens (tertiary/aromatic N) is 1. The summed E-state index contributed by atoms with van der Waals surface area (Å²) in [6.45, 7) is 5.20. The molecule has 1 amide bonds. The molecule has 1 aliphatic carbocycles. The smallest absolute Gasteiger partial charge is 0.240 e. The second-order valence-electron chi connectivity index (χ2n) is 4.80. The molecular weight excluding hydrogens is 208 g/mol. The molecule has 2 fully saturated rings. The highest BCUT2D eigenvalue weighted by molar-refractivity contribution is 7.99. The molecule has 0 aromatic rings. The van der Waals surface area contributed by atoms with E-state index in [9.17, 15) is 4.79 Å². The molecule has 1 unspecified atom stereocenters. The summed E-state index contributed by atoms with van der Waals surface area (Å²) < 4.78 is 0. The molecule has 0 bridgehead atoms. The van der Waals surface area contributed by atoms with Crippen LogP contribution in [0.2, 0.25) is 0 Å². The maximum atomic E-state index is 12.2. The zero-order valence-electron chi connectivity index (χ0n) is 9.53. The highest BCUT2D eigenvalue weighted by Gasteiger charge is 2.32. The van der Waals surface area contributed by atoms with E-state index in [4.69, 9.17) is 0 Å². The van der Waals surface area contributed by atoms with Crippen molar-refractivity contribution in [3.8, 4) is 0 Å². The van der Waals surface area contributed by atoms with Crippen LogP contribution >= 0.6 is 11.8 Å². The zero-order valence-corrected chi connectivity index (χ0v) is 10.3. The maximum Gasteiger partial charge on any atom is 0.240 e. The van der Waals surface area contributed by atoms with Gasteiger partial charge in [-0.15, -0.1) is 11.8 Å². The van der Waals surface area contributed by atoms with Gasteiger partial charge in [0.05, 0.1) is 6.04 Å². The van der Waals surface area contributed by atoms with Crippen molar-refractivity contribution < 1.29 is 4.79 Å². The molecule has 4 heteroatoms. The second kappa shape index (κ2) is 4.74. The number of rotatable bonds is 4. The number of thioether (sulfide) groups is 1. The molecule has 2 rings (SSSR count). The number of hydrogen-bond acceptors (Lipinski definition) is 3. The summed E-state index contributed by atoms with van der Waals surface area (Å²) >= 11 is 1.82. The Morgan fingerprint density at radius 3 is 2.73 bits per heavy atom. The summed E-state index contributed by atoms with van der Waals surface area (Å²) in [7, 11) is 0. The van der Waals surface area contributed by atoms with Crippen LogP contribution in [0.15, 0.2) is 0 Å². The first-order valence-electron chi connectivity index (χ1n) is 5.80. The molecule has 0 aromatic heterocycles. The van der Waals surface area contributed by atoms with E-state index in [1.54, 1.807) is 0 Å². The molecule has 1 aliphatic heterocycles. The molecule has 0 spiro atoms. The fourth-order valence-electron chi connectivity index (χ4n) is 1.89. The molecule has 0 aromatic carbocycles. The van der Waals surface area contributed by atoms with Crippen LogP contribution in [0.4, 0.5) is 0 Å². The van der Waals surface area contributed by atoms with Crippen LogP contribution in [0.1, 0.15) is 26.7 Å². The Morgan fingerprint density at radius 1 is 1.53 bits per heavy atom. The van der Waals surface area contributed by atoms with E-state index in [1.807, 2.05) is 11.8 Å². The fraction of sp³-hybridized carbons (Fsp3) is 0.909. The summed E-state index contributed by atoms with van der Waals surface area (Å²) in [5.74, 6) is 2.95. The van der Waals surface area contributed by atoms with Crippen molar-refractivity contribution in [2.45, 2.75) is 38.8 Å². The number of amides is 1. The van der Waals surface area contributed by atoms with Gasteiger partial charge in [0.1, 0.15) is 0 Å². The van der Waals surface area contributed by atoms with Gasteiger partial charge in [-0.05, 0) is 32.6 Å². The number of carbonyl (C=O) groups excluding carboxylic acids is 1. The average Bonchev–Trinajstić information content (AvgIpc) is 2.84. The lowest BCUT2D eigenvalue weighted by atomic mass is 10.2. The number of carbonyl (C=O) groups is 1. The van der Waals surface area contributed by atoms with E-state index in [-0.39, 0.29) is 6.04 Å². The SMILES string of the molecule is CC(C)N(CC1CC1)C(=O)C1CSCN1. The quantitative estimate of drug-likeness (QED) is 0.787. The summed E-state index contributed by atoms with van der Waals surface area (Å²) in [6, 6.07) is 0.404. The van der Waals surface area contributed by atoms with Crippen LogP contribution in [-0.2, 0) is 4.79 Å². The maximum absolute atomic E-state index is 12.2. The van der Waals surface area contributed by atoms with Crippen molar-refractivity contribution in [1.29, 1.82) is 0 Å². The molecule has 0 radical (unpaired) electrons. The van der Waals surface area contributed by atoms with Crippen LogP contribution in [-0.4, -0.2) is 41.1 Å². The standard InChI is InChI=1S/C11H20N2OS/c1-8(2)13(5-9-3-4-9)11(14)10-6-15-7-12-10/h8-10,12H,3-7H2,1-2H3. The Balaban J connectivity index is 1.92. The first-order valence-corrected chi connectivity index (χ1v) is 6.95. The monoisotopic (exact) mass is 228 g/mol. The molecule has 1 heterocycles. The third-order valence-corrected chi connectivity index (χ3v) is 4.01. The van der Waals surface area contributed by atoms with Crippen molar-refractivity contribution in [1.82, 2.24) is 10.2 Å². The summed E-state index contributed by atoms with van der Waals surface area (Å²) in [5.41, 5.74) is 0. The van der Waals surface area contributed by atoms with Crippen molar-refractivity contribution in [2.75, 3.05) is 18.2 Å². The van der Waals surface area contributed by atoms with Crippen LogP contribution in [0.5, 0.6) is 0 Å². The minimum atomic E-state index is 0.0659. The second-order valence-corrected chi connectivity index (χ2v) is 5.83. The molecule has 86 valence electrons. The van der Waals surface area contributed by atoms with Gasteiger partial charge in [0.15, 0.2) is 0 Å². The predicted octanol–water partition coefficient (Wildman–Crippen LogP) is 1.30. The highest BCUT2D eigenvalue weighted by atomic mass is 32.2. The molecule has 1 atom stereocenters. The van der Waals surface area contributed by atoms with E-state index in [0.717, 1.165) is 24.1 Å². The van der Waals surface area contributed by atoms with E-state index in [2.05, 4.69) is 24.1 Å². The number of nitrogens with one attached hydrogen (secondary N) is 1. The Morgan fingerprint density at radius 2 is 2.27 bits per heavy atom. The first-order chi connectivity index (χ1) is 7.18. The highest BCUT2D eigenvalue weighted by Crippen LogP contribution is 2.30. The average molecular weight is 228 g/mol. The molecular formula is C11H20N2OS. The van der Waals surface area contributed by atoms with Gasteiger partial charge in [-0.1, -0.05) is 0 Å². The van der Waals surface area contributed by atoms with Crippen LogP contribution in [0.3, 0.4) is 0 Å². The van der Waals surface area contributed by atoms with Crippen molar-refractivity contribution in [2.24, 2.45) is 5.92 Å². The van der Waals surface area contributed by atoms with E-state index >= 15 is 0 Å². The van der Waals surface area contributed by atoms with Gasteiger partial charge in [-0.25, -0.2) is 0 Å². The zero-order chi connectivity index (χ0) is 10.8. The van der Waals surface area contributed by atoms with E-state index in [0.29, 0.717) is 11.9 Å². The Bertz CT molecular complexity index is 235. The fourth-order valence-corrected chi connectivity index (χ4v) is 2.82. The molecule has 15 heavy (non-hydrogen) atoms. The van der Waals surface area contributed by atoms with Gasteiger partial charge in [-0.3, -0.25) is 10.1 Å². The van der Waals surface area contributed by atoms with Gasteiger partial charge in [0, 0.05) is 24.2 Å². The summed E-state index contributed by atoms with van der Waals surface area (Å²) in [6.07, 6.45) is 2.62. The van der Waals surface area contributed by atoms with Gasteiger partial charge in [0.25, 0.3) is 0 Å². The van der Waals surface area contributed by atoms with Crippen molar-refractivity contribution in [3.63, 3.8) is 0 Å². The first kappa shape index (κ1) is 11.3. The lowest BCUT2D eigenvalue weighted by molar-refractivity contribution is -0.134. The van der Waals surface area contributed by atoms with Gasteiger partial charge >= 0.3 is 0 Å². The lowest BCUT2D eigenvalue weighted by Crippen LogP contribution is -2.48. The van der Waals surface area contributed by atoms with Crippen LogP contribution in [0, 0.1) is 5.92 Å². The largest absolute Gasteiger partial charge is 0.339 e. The van der Waals surface area contributed by atoms with Crippen LogP contribution in [0.25, 0.3) is 0 Å². The van der Waals surface area contributed by atoms with E-state index in [1.165, 1.54) is 12.8 Å². The Kier molecular flexibility index (Phi) is 3.57. The van der Waals surface area contributed by atoms with Crippen LogP contribution < -0.4 is 5.32 Å². The minimum absolute atomic E-state index is 0.0659. The third-order valence-electron chi connectivity index (χ3n) is 3.07. The number of hydrogen-bond donors (Lipinski definition) is 1. The van der Waals surface area contributed by atoms with Gasteiger partial charge < -0.3 is 4.90 Å². The van der Waals surface area contributed by atoms with Gasteiger partial charge in [0.2, 0.25) is 5.91 Å². The normalized spacial score (nSPS) is 25.9. The van der Waals surface area contributed by atoms with Crippen molar-refractivity contribution in [3.05, 3.63) is 0 Å². The predicted molar refractivity (Wildman–Crippen MR) is 63.8 cm³/mol. The minimum Gasteiger partial charge on any atom is -0.339 e. The lowest BCUT2D eigenvalue weighted by Gasteiger charge is -2.29. The Hall–Kier alpha value is -0.220. The topological polar surface area (TPSA) is 32.3 Å². The van der Waals surface area contributed by atoms with Crippen molar-refractivity contribution >= 4 is 17.7 Å². The summed E-state index contributed by atoms with van der Waals surface area (Å²) in [5, 5.41) is 3.26. The van der Waals surface area contributed by atoms with Gasteiger partial charge in [-0.2, -0.15) is 0 Å². The molecule has 1 saturated carbocycles. The summed E-state index contributed by atoms with van der Waals surface area (Å²) in [4.78, 5) is 14.3. The van der Waals surface area contributed by atoms with E-state index < -0.39 is 0 Å². The third kappa shape index (κ3) is 2.88. The molecule has 2 aliphatic rings. The molecule has 1 N–H and O–H groups in total. The molecule has 1 saturated heterocycles.